The molecular formula is C31H29Cl2N5O2. The largest absolute Gasteiger partial charge is 0.496 e. The Morgan fingerprint density at radius 2 is 1.73 bits per heavy atom. The number of fused-ring (bicyclic) bond motifs is 3. The van der Waals surface area contributed by atoms with Crippen LogP contribution in [-0.4, -0.2) is 45.3 Å². The van der Waals surface area contributed by atoms with E-state index in [4.69, 9.17) is 38.8 Å². The summed E-state index contributed by atoms with van der Waals surface area (Å²) in [5.41, 5.74) is 10.2. The zero-order valence-electron chi connectivity index (χ0n) is 22.9. The molecule has 0 unspecified atom stereocenters. The van der Waals surface area contributed by atoms with Gasteiger partial charge in [-0.2, -0.15) is 5.10 Å². The SMILES string of the molecule is C=C(c1nn(-c2cc(Cl)cc(Cl)c2)c2c1ccc1cc(OC)c(-c3cncc(C(N)=O)c3)cc12)N(C)C(C)(C)C. The van der Waals surface area contributed by atoms with Crippen LogP contribution in [0.4, 0.5) is 0 Å². The highest BCUT2D eigenvalue weighted by atomic mass is 35.5. The number of hydrogen-bond acceptors (Lipinski definition) is 5. The highest BCUT2D eigenvalue weighted by Gasteiger charge is 2.25. The van der Waals surface area contributed by atoms with Crippen molar-refractivity contribution in [3.8, 4) is 22.6 Å². The summed E-state index contributed by atoms with van der Waals surface area (Å²) in [7, 11) is 3.61. The third-order valence-electron chi connectivity index (χ3n) is 7.09. The molecule has 40 heavy (non-hydrogen) atoms. The molecule has 5 rings (SSSR count). The van der Waals surface area contributed by atoms with Crippen molar-refractivity contribution in [2.45, 2.75) is 26.3 Å². The van der Waals surface area contributed by atoms with Crippen molar-refractivity contribution < 1.29 is 9.53 Å². The van der Waals surface area contributed by atoms with Crippen LogP contribution in [0.25, 0.3) is 44.2 Å². The molecule has 2 N–H and O–H groups in total. The Kier molecular flexibility index (Phi) is 6.98. The Hall–Kier alpha value is -4.07. The zero-order chi connectivity index (χ0) is 28.9. The number of carbonyl (C=O) groups excluding carboxylic acids is 1. The number of primary amides is 1. The summed E-state index contributed by atoms with van der Waals surface area (Å²) in [5.74, 6) is 0.0720. The van der Waals surface area contributed by atoms with E-state index in [2.05, 4.69) is 37.2 Å². The number of methoxy groups -OCH3 is 1. The van der Waals surface area contributed by atoms with Crippen LogP contribution in [0.15, 0.2) is 67.5 Å². The number of amides is 1. The zero-order valence-corrected chi connectivity index (χ0v) is 24.4. The lowest BCUT2D eigenvalue weighted by Crippen LogP contribution is -2.36. The number of pyridine rings is 1. The molecule has 9 heteroatoms. The predicted molar refractivity (Wildman–Crippen MR) is 163 cm³/mol. The smallest absolute Gasteiger partial charge is 0.250 e. The van der Waals surface area contributed by atoms with Crippen molar-refractivity contribution >= 4 is 56.5 Å². The molecule has 0 atom stereocenters. The number of nitrogens with two attached hydrogens (primary N) is 1. The van der Waals surface area contributed by atoms with E-state index < -0.39 is 5.91 Å². The maximum Gasteiger partial charge on any atom is 0.250 e. The van der Waals surface area contributed by atoms with Crippen LogP contribution in [0.2, 0.25) is 10.0 Å². The van der Waals surface area contributed by atoms with E-state index in [0.717, 1.165) is 38.6 Å². The van der Waals surface area contributed by atoms with Crippen molar-refractivity contribution in [2.24, 2.45) is 5.73 Å². The Morgan fingerprint density at radius 3 is 2.35 bits per heavy atom. The maximum absolute atomic E-state index is 11.9. The molecule has 204 valence electrons. The van der Waals surface area contributed by atoms with Gasteiger partial charge < -0.3 is 15.4 Å². The molecule has 5 aromatic rings. The summed E-state index contributed by atoms with van der Waals surface area (Å²) in [6.45, 7) is 10.8. The Labute approximate surface area is 242 Å². The van der Waals surface area contributed by atoms with Gasteiger partial charge in [-0.15, -0.1) is 0 Å². The number of ether oxygens (including phenoxy) is 1. The van der Waals surface area contributed by atoms with Gasteiger partial charge in [0, 0.05) is 56.9 Å². The van der Waals surface area contributed by atoms with Crippen molar-refractivity contribution in [1.29, 1.82) is 0 Å². The first-order valence-corrected chi connectivity index (χ1v) is 13.3. The first kappa shape index (κ1) is 27.5. The quantitative estimate of drug-likeness (QED) is 0.229. The highest BCUT2D eigenvalue weighted by Crippen LogP contribution is 2.40. The standard InChI is InChI=1S/C31H29Cl2N5O2/c1-17(37(5)31(2,3)4)28-24-8-7-18-10-27(40-6)25(19-9-20(30(34)39)16-35-15-19)14-26(18)29(24)38(36-28)23-12-21(32)11-22(33)13-23/h7-16H,1H2,2-6H3,(H2,34,39). The Balaban J connectivity index is 1.88. The topological polar surface area (TPSA) is 86.3 Å². The molecule has 0 bridgehead atoms. The van der Waals surface area contributed by atoms with Gasteiger partial charge in [0.15, 0.2) is 0 Å². The molecule has 2 heterocycles. The molecule has 0 aliphatic carbocycles. The lowest BCUT2D eigenvalue weighted by molar-refractivity contribution is 0.1000. The fraction of sp³-hybridized carbons (Fsp3) is 0.194. The Bertz CT molecular complexity index is 1800. The van der Waals surface area contributed by atoms with E-state index in [-0.39, 0.29) is 5.54 Å². The van der Waals surface area contributed by atoms with Crippen molar-refractivity contribution in [3.63, 3.8) is 0 Å². The molecule has 3 aromatic carbocycles. The van der Waals surface area contributed by atoms with E-state index in [9.17, 15) is 4.79 Å². The van der Waals surface area contributed by atoms with E-state index in [1.807, 2.05) is 48.1 Å². The van der Waals surface area contributed by atoms with Crippen LogP contribution in [0, 0.1) is 0 Å². The maximum atomic E-state index is 11.9. The van der Waals surface area contributed by atoms with Gasteiger partial charge in [-0.1, -0.05) is 35.8 Å². The number of rotatable bonds is 6. The van der Waals surface area contributed by atoms with Gasteiger partial charge in [-0.25, -0.2) is 4.68 Å². The molecule has 0 saturated carbocycles. The molecule has 0 saturated heterocycles. The molecule has 7 nitrogen and oxygen atoms in total. The second-order valence-electron chi connectivity index (χ2n) is 10.6. The normalized spacial score (nSPS) is 11.7. The summed E-state index contributed by atoms with van der Waals surface area (Å²) >= 11 is 12.8. The minimum atomic E-state index is -0.557. The molecule has 0 aliphatic rings. The summed E-state index contributed by atoms with van der Waals surface area (Å²) in [4.78, 5) is 18.2. The Morgan fingerprint density at radius 1 is 1.02 bits per heavy atom. The first-order valence-electron chi connectivity index (χ1n) is 12.6. The number of halogens is 2. The summed E-state index contributed by atoms with van der Waals surface area (Å²) in [6.07, 6.45) is 3.12. The first-order chi connectivity index (χ1) is 18.9. The number of carbonyl (C=O) groups is 1. The van der Waals surface area contributed by atoms with E-state index >= 15 is 0 Å². The monoisotopic (exact) mass is 573 g/mol. The van der Waals surface area contributed by atoms with Crippen LogP contribution in [-0.2, 0) is 0 Å². The summed E-state index contributed by atoms with van der Waals surface area (Å²) in [6, 6.07) is 15.1. The number of benzene rings is 3. The molecule has 1 amide bonds. The molecular weight excluding hydrogens is 545 g/mol. The van der Waals surface area contributed by atoms with Crippen LogP contribution in [0.5, 0.6) is 5.75 Å². The molecule has 0 fully saturated rings. The van der Waals surface area contributed by atoms with E-state index in [1.165, 1.54) is 6.20 Å². The van der Waals surface area contributed by atoms with Gasteiger partial charge >= 0.3 is 0 Å². The number of hydrogen-bond donors (Lipinski definition) is 1. The van der Waals surface area contributed by atoms with Gasteiger partial charge in [0.2, 0.25) is 5.91 Å². The van der Waals surface area contributed by atoms with Crippen LogP contribution >= 0.6 is 23.2 Å². The van der Waals surface area contributed by atoms with Gasteiger partial charge in [-0.3, -0.25) is 9.78 Å². The molecule has 0 spiro atoms. The average Bonchev–Trinajstić information content (AvgIpc) is 3.30. The van der Waals surface area contributed by atoms with Gasteiger partial charge in [0.1, 0.15) is 11.4 Å². The lowest BCUT2D eigenvalue weighted by Gasteiger charge is -2.34. The fourth-order valence-electron chi connectivity index (χ4n) is 4.70. The number of aromatic nitrogens is 3. The third kappa shape index (κ3) is 4.87. The average molecular weight is 575 g/mol. The van der Waals surface area contributed by atoms with Gasteiger partial charge in [0.05, 0.1) is 29.6 Å². The van der Waals surface area contributed by atoms with E-state index in [0.29, 0.717) is 32.6 Å². The van der Waals surface area contributed by atoms with Crippen molar-refractivity contribution in [2.75, 3.05) is 14.2 Å². The third-order valence-corrected chi connectivity index (χ3v) is 7.52. The highest BCUT2D eigenvalue weighted by molar-refractivity contribution is 6.35. The second kappa shape index (κ2) is 10.2. The number of nitrogens with zero attached hydrogens (tertiary/aromatic N) is 4. The van der Waals surface area contributed by atoms with E-state index in [1.54, 1.807) is 25.4 Å². The van der Waals surface area contributed by atoms with Crippen molar-refractivity contribution in [1.82, 2.24) is 19.7 Å². The second-order valence-corrected chi connectivity index (χ2v) is 11.5. The van der Waals surface area contributed by atoms with Crippen molar-refractivity contribution in [3.05, 3.63) is 88.8 Å². The molecule has 0 aliphatic heterocycles. The summed E-state index contributed by atoms with van der Waals surface area (Å²) in [5, 5.41) is 8.80. The van der Waals surface area contributed by atoms with Gasteiger partial charge in [0.25, 0.3) is 0 Å². The van der Waals surface area contributed by atoms with Gasteiger partial charge in [-0.05, 0) is 68.6 Å². The fourth-order valence-corrected chi connectivity index (χ4v) is 5.22. The predicted octanol–water partition coefficient (Wildman–Crippen LogP) is 7.36. The molecule has 0 radical (unpaired) electrons. The molecule has 2 aromatic heterocycles. The lowest BCUT2D eigenvalue weighted by atomic mass is 9.97. The minimum absolute atomic E-state index is 0.178. The van der Waals surface area contributed by atoms with Crippen LogP contribution < -0.4 is 10.5 Å². The minimum Gasteiger partial charge on any atom is -0.496 e. The summed E-state index contributed by atoms with van der Waals surface area (Å²) < 4.78 is 7.60. The van der Waals surface area contributed by atoms with Crippen LogP contribution in [0.1, 0.15) is 36.8 Å². The van der Waals surface area contributed by atoms with Crippen LogP contribution in [0.3, 0.4) is 0 Å².